The van der Waals surface area contributed by atoms with Crippen LogP contribution in [0.25, 0.3) is 11.0 Å². The van der Waals surface area contributed by atoms with E-state index in [4.69, 9.17) is 14.0 Å². The molecule has 136 valence electrons. The standard InChI is InChI=1S/C18H29BN2O3Si/c1-6-25-10-9-22-13-21-12-20-15-11-14(7-8-16(15)21)19-23-17(2,3)18(4,5)24-19/h7-8,11-12H,6,9-10,13,25H2,1-5H3. The van der Waals surface area contributed by atoms with Gasteiger partial charge in [-0.3, -0.25) is 0 Å². The molecule has 0 unspecified atom stereocenters. The summed E-state index contributed by atoms with van der Waals surface area (Å²) in [4.78, 5) is 4.52. The molecule has 0 amide bonds. The Morgan fingerprint density at radius 3 is 2.60 bits per heavy atom. The van der Waals surface area contributed by atoms with Gasteiger partial charge in [0.25, 0.3) is 0 Å². The molecule has 25 heavy (non-hydrogen) atoms. The van der Waals surface area contributed by atoms with Crippen molar-refractivity contribution in [2.24, 2.45) is 0 Å². The summed E-state index contributed by atoms with van der Waals surface area (Å²) < 4.78 is 20.1. The van der Waals surface area contributed by atoms with E-state index in [1.807, 2.05) is 6.33 Å². The number of hydrogen-bond donors (Lipinski definition) is 0. The number of hydrogen-bond acceptors (Lipinski definition) is 4. The van der Waals surface area contributed by atoms with E-state index in [9.17, 15) is 0 Å². The highest BCUT2D eigenvalue weighted by Crippen LogP contribution is 2.36. The Bertz CT molecular complexity index is 716. The van der Waals surface area contributed by atoms with Crippen molar-refractivity contribution >= 4 is 33.1 Å². The molecule has 1 aromatic carbocycles. The van der Waals surface area contributed by atoms with Crippen molar-refractivity contribution in [2.45, 2.75) is 64.6 Å². The Balaban J connectivity index is 1.70. The predicted octanol–water partition coefficient (Wildman–Crippen LogP) is 2.33. The monoisotopic (exact) mass is 360 g/mol. The minimum Gasteiger partial charge on any atom is -0.399 e. The Hall–Kier alpha value is -1.15. The first-order valence-electron chi connectivity index (χ1n) is 9.22. The fourth-order valence-corrected chi connectivity index (χ4v) is 3.83. The molecule has 2 heterocycles. The average molecular weight is 360 g/mol. The van der Waals surface area contributed by atoms with Crippen LogP contribution in [0.2, 0.25) is 12.1 Å². The smallest absolute Gasteiger partial charge is 0.399 e. The third kappa shape index (κ3) is 3.84. The second-order valence-corrected chi connectivity index (χ2v) is 10.2. The van der Waals surface area contributed by atoms with Gasteiger partial charge >= 0.3 is 7.12 Å². The summed E-state index contributed by atoms with van der Waals surface area (Å²) in [7, 11) is -0.269. The maximum atomic E-state index is 6.13. The van der Waals surface area contributed by atoms with E-state index in [2.05, 4.69) is 62.4 Å². The zero-order valence-corrected chi connectivity index (χ0v) is 17.5. The zero-order chi connectivity index (χ0) is 18.1. The van der Waals surface area contributed by atoms with Gasteiger partial charge in [-0.1, -0.05) is 19.0 Å². The van der Waals surface area contributed by atoms with Gasteiger partial charge in [0.1, 0.15) is 6.73 Å². The fourth-order valence-electron chi connectivity index (χ4n) is 2.93. The number of ether oxygens (including phenoxy) is 1. The van der Waals surface area contributed by atoms with Crippen LogP contribution in [-0.4, -0.2) is 44.0 Å². The van der Waals surface area contributed by atoms with Gasteiger partial charge in [0.2, 0.25) is 0 Å². The summed E-state index contributed by atoms with van der Waals surface area (Å²) in [6, 6.07) is 8.78. The molecule has 0 bridgehead atoms. The van der Waals surface area contributed by atoms with Crippen molar-refractivity contribution in [3.05, 3.63) is 24.5 Å². The third-order valence-corrected chi connectivity index (χ3v) is 6.79. The van der Waals surface area contributed by atoms with Crippen molar-refractivity contribution in [1.82, 2.24) is 9.55 Å². The van der Waals surface area contributed by atoms with Gasteiger partial charge < -0.3 is 18.6 Å². The third-order valence-electron chi connectivity index (χ3n) is 5.29. The molecule has 5 nitrogen and oxygen atoms in total. The molecule has 1 aliphatic rings. The first-order valence-corrected chi connectivity index (χ1v) is 11.2. The molecule has 3 rings (SSSR count). The van der Waals surface area contributed by atoms with E-state index in [1.54, 1.807) is 0 Å². The molecule has 0 N–H and O–H groups in total. The minimum absolute atomic E-state index is 0.0831. The van der Waals surface area contributed by atoms with E-state index in [-0.39, 0.29) is 27.8 Å². The first kappa shape index (κ1) is 18.6. The highest BCUT2D eigenvalue weighted by atomic mass is 28.2. The summed E-state index contributed by atoms with van der Waals surface area (Å²) >= 11 is 0. The molecular weight excluding hydrogens is 331 g/mol. The van der Waals surface area contributed by atoms with Crippen molar-refractivity contribution in [3.63, 3.8) is 0 Å². The summed E-state index contributed by atoms with van der Waals surface area (Å²) in [5.74, 6) is 0. The quantitative estimate of drug-likeness (QED) is 0.562. The Morgan fingerprint density at radius 2 is 1.92 bits per heavy atom. The van der Waals surface area contributed by atoms with Crippen LogP contribution >= 0.6 is 0 Å². The number of benzene rings is 1. The number of rotatable bonds is 7. The van der Waals surface area contributed by atoms with Crippen LogP contribution in [0.4, 0.5) is 0 Å². The Morgan fingerprint density at radius 1 is 1.20 bits per heavy atom. The largest absolute Gasteiger partial charge is 0.494 e. The van der Waals surface area contributed by atoms with Gasteiger partial charge in [-0.2, -0.15) is 0 Å². The summed E-state index contributed by atoms with van der Waals surface area (Å²) in [5.41, 5.74) is 2.36. The number of fused-ring (bicyclic) bond motifs is 1. The van der Waals surface area contributed by atoms with Crippen molar-refractivity contribution in [2.75, 3.05) is 6.61 Å². The highest BCUT2D eigenvalue weighted by molar-refractivity contribution is 6.62. The summed E-state index contributed by atoms with van der Waals surface area (Å²) in [6.45, 7) is 11.9. The van der Waals surface area contributed by atoms with Crippen LogP contribution in [0, 0.1) is 0 Å². The van der Waals surface area contributed by atoms with Crippen LogP contribution in [0.15, 0.2) is 24.5 Å². The predicted molar refractivity (Wildman–Crippen MR) is 105 cm³/mol. The number of aromatic nitrogens is 2. The second kappa shape index (κ2) is 7.23. The maximum Gasteiger partial charge on any atom is 0.494 e. The molecule has 1 aromatic heterocycles. The second-order valence-electron chi connectivity index (χ2n) is 7.80. The van der Waals surface area contributed by atoms with Crippen molar-refractivity contribution < 1.29 is 14.0 Å². The Labute approximate surface area is 153 Å². The van der Waals surface area contributed by atoms with Gasteiger partial charge in [-0.15, -0.1) is 0 Å². The SMILES string of the molecule is CC[SiH2]CCOCn1cnc2cc(B3OC(C)(C)C(C)(C)O3)ccc21. The van der Waals surface area contributed by atoms with Crippen LogP contribution in [0.3, 0.4) is 0 Å². The van der Waals surface area contributed by atoms with Crippen LogP contribution < -0.4 is 5.46 Å². The van der Waals surface area contributed by atoms with Gasteiger partial charge in [-0.25, -0.2) is 4.98 Å². The lowest BCUT2D eigenvalue weighted by Gasteiger charge is -2.32. The van der Waals surface area contributed by atoms with Crippen molar-refractivity contribution in [3.8, 4) is 0 Å². The Kier molecular flexibility index (Phi) is 5.39. The molecule has 0 atom stereocenters. The lowest BCUT2D eigenvalue weighted by Crippen LogP contribution is -2.41. The maximum absolute atomic E-state index is 6.13. The van der Waals surface area contributed by atoms with E-state index in [0.717, 1.165) is 23.1 Å². The molecule has 0 saturated carbocycles. The van der Waals surface area contributed by atoms with Gasteiger partial charge in [-0.05, 0) is 51.3 Å². The van der Waals surface area contributed by atoms with Gasteiger partial charge in [0, 0.05) is 16.1 Å². The summed E-state index contributed by atoms with van der Waals surface area (Å²) in [6.07, 6.45) is 1.84. The normalized spacial score (nSPS) is 19.5. The minimum atomic E-state index is -0.352. The van der Waals surface area contributed by atoms with Crippen molar-refractivity contribution in [1.29, 1.82) is 0 Å². The van der Waals surface area contributed by atoms with E-state index >= 15 is 0 Å². The average Bonchev–Trinajstić information content (AvgIpc) is 3.05. The topological polar surface area (TPSA) is 45.5 Å². The van der Waals surface area contributed by atoms with E-state index in [0.29, 0.717) is 6.73 Å². The highest BCUT2D eigenvalue weighted by Gasteiger charge is 2.51. The summed E-state index contributed by atoms with van der Waals surface area (Å²) in [5, 5.41) is 0. The van der Waals surface area contributed by atoms with Gasteiger partial charge in [0.15, 0.2) is 0 Å². The van der Waals surface area contributed by atoms with E-state index in [1.165, 1.54) is 12.1 Å². The molecule has 7 heteroatoms. The van der Waals surface area contributed by atoms with Gasteiger partial charge in [0.05, 0.1) is 28.6 Å². The lowest BCUT2D eigenvalue weighted by atomic mass is 9.79. The lowest BCUT2D eigenvalue weighted by molar-refractivity contribution is 0.00578. The molecule has 1 saturated heterocycles. The molecule has 2 aromatic rings. The molecule has 1 aliphatic heterocycles. The molecule has 0 spiro atoms. The molecule has 0 aliphatic carbocycles. The first-order chi connectivity index (χ1) is 11.8. The molecule has 1 fully saturated rings. The van der Waals surface area contributed by atoms with E-state index < -0.39 is 0 Å². The van der Waals surface area contributed by atoms with Crippen LogP contribution in [-0.2, 0) is 20.8 Å². The fraction of sp³-hybridized carbons (Fsp3) is 0.611. The number of imidazole rings is 1. The molecule has 0 radical (unpaired) electrons. The van der Waals surface area contributed by atoms with Crippen LogP contribution in [0.1, 0.15) is 34.6 Å². The van der Waals surface area contributed by atoms with Crippen LogP contribution in [0.5, 0.6) is 0 Å². The molecular formula is C18H29BN2O3Si. The zero-order valence-electron chi connectivity index (χ0n) is 16.0. The number of nitrogens with zero attached hydrogens (tertiary/aromatic N) is 2.